The molecule has 0 saturated carbocycles. The number of aromatic nitrogens is 4. The van der Waals surface area contributed by atoms with Crippen LogP contribution in [0.5, 0.6) is 0 Å². The number of carbonyl (C=O) groups excluding carboxylic acids is 2. The Kier molecular flexibility index (Phi) is 7.44. The number of carbonyl (C=O) groups is 2. The van der Waals surface area contributed by atoms with Crippen molar-refractivity contribution >= 4 is 54.7 Å². The lowest BCUT2D eigenvalue weighted by atomic mass is 9.90. The highest BCUT2D eigenvalue weighted by atomic mass is 16.1. The molecule has 0 bridgehead atoms. The minimum atomic E-state index is -0.421. The van der Waals surface area contributed by atoms with Crippen LogP contribution < -0.4 is 0 Å². The van der Waals surface area contributed by atoms with Crippen LogP contribution >= 0.6 is 0 Å². The van der Waals surface area contributed by atoms with Gasteiger partial charge in [0.1, 0.15) is 0 Å². The van der Waals surface area contributed by atoms with Gasteiger partial charge in [0.25, 0.3) is 0 Å². The Morgan fingerprint density at radius 1 is 0.327 bits per heavy atom. The lowest BCUT2D eigenvalue weighted by molar-refractivity contribution is 0.100. The summed E-state index contributed by atoms with van der Waals surface area (Å²) in [5.74, 6) is -1.20. The van der Waals surface area contributed by atoms with Crippen molar-refractivity contribution in [2.24, 2.45) is 0 Å². The summed E-state index contributed by atoms with van der Waals surface area (Å²) >= 11 is 0. The van der Waals surface area contributed by atoms with Gasteiger partial charge >= 0.3 is 0 Å². The molecule has 0 fully saturated rings. The van der Waals surface area contributed by atoms with Crippen LogP contribution in [0.2, 0.25) is 0 Å². The Balaban J connectivity index is 1.06. The normalized spacial score (nSPS) is 11.4. The first kappa shape index (κ1) is 31.1. The summed E-state index contributed by atoms with van der Waals surface area (Å²) in [5, 5.41) is 24.6. The van der Waals surface area contributed by atoms with E-state index in [-0.39, 0.29) is 11.6 Å². The molecule has 246 valence electrons. The van der Waals surface area contributed by atoms with E-state index in [1.165, 1.54) is 21.9 Å². The third kappa shape index (κ3) is 5.04. The molecule has 0 unspecified atom stereocenters. The highest BCUT2D eigenvalue weighted by Crippen LogP contribution is 2.38. The summed E-state index contributed by atoms with van der Waals surface area (Å²) in [4.78, 5) is 27.8. The van der Waals surface area contributed by atoms with Crippen molar-refractivity contribution in [2.45, 2.75) is 13.8 Å². The van der Waals surface area contributed by atoms with E-state index >= 15 is 0 Å². The van der Waals surface area contributed by atoms with Crippen LogP contribution in [0.15, 0.2) is 146 Å². The molecule has 6 heteroatoms. The molecule has 9 rings (SSSR count). The molecule has 0 atom stereocenters. The Morgan fingerprint density at radius 3 is 0.942 bits per heavy atom. The van der Waals surface area contributed by atoms with E-state index in [0.717, 1.165) is 54.6 Å². The van der Waals surface area contributed by atoms with E-state index in [0.29, 0.717) is 11.1 Å². The lowest BCUT2D eigenvalue weighted by Gasteiger charge is -2.14. The van der Waals surface area contributed by atoms with E-state index < -0.39 is 11.6 Å². The second-order valence-corrected chi connectivity index (χ2v) is 13.1. The van der Waals surface area contributed by atoms with Gasteiger partial charge in [0.15, 0.2) is 0 Å². The van der Waals surface area contributed by atoms with Crippen LogP contribution in [0.1, 0.15) is 43.5 Å². The topological polar surface area (TPSA) is 85.7 Å². The number of fused-ring (bicyclic) bond motifs is 4. The molecular formula is C46H30N4O2. The van der Waals surface area contributed by atoms with Crippen LogP contribution in [0, 0.1) is 13.8 Å². The zero-order chi connectivity index (χ0) is 35.3. The molecule has 1 heterocycles. The maximum atomic E-state index is 13.9. The first-order chi connectivity index (χ1) is 25.5. The summed E-state index contributed by atoms with van der Waals surface area (Å²) in [6.07, 6.45) is 0. The summed E-state index contributed by atoms with van der Waals surface area (Å²) in [5.41, 5.74) is 7.50. The fourth-order valence-corrected chi connectivity index (χ4v) is 7.49. The van der Waals surface area contributed by atoms with Gasteiger partial charge in [-0.25, -0.2) is 0 Å². The van der Waals surface area contributed by atoms with Gasteiger partial charge in [-0.05, 0) is 102 Å². The average molecular weight is 671 g/mol. The standard InChI is InChI=1S/C46H30N4O2/c1-27-19-21-37(31-13-5-3-11-29(27)31)39-23-25-41(35-17-9-7-15-33(35)39)43(51)45-47-49-46(50-48-45)44(52)42-26-24-40(34-16-8-10-18-36(34)42)38-22-20-28(2)30-12-4-6-14-32(30)38/h3-26H,1-2H3. The quantitative estimate of drug-likeness (QED) is 0.164. The SMILES string of the molecule is Cc1ccc(-c2ccc(C(=O)c3nnc(C(=O)c4ccc(-c5ccc(C)c6ccccc56)c5ccccc45)nn3)c3ccccc23)c2ccccc12. The molecule has 0 aliphatic rings. The van der Waals surface area contributed by atoms with Crippen molar-refractivity contribution in [1.82, 2.24) is 20.4 Å². The molecule has 0 radical (unpaired) electrons. The highest BCUT2D eigenvalue weighted by Gasteiger charge is 2.23. The molecule has 0 aliphatic carbocycles. The van der Waals surface area contributed by atoms with Gasteiger partial charge < -0.3 is 0 Å². The minimum absolute atomic E-state index is 0.179. The van der Waals surface area contributed by atoms with Crippen LogP contribution in [0.3, 0.4) is 0 Å². The van der Waals surface area contributed by atoms with Crippen molar-refractivity contribution in [3.05, 3.63) is 179 Å². The maximum Gasteiger partial charge on any atom is 0.244 e. The first-order valence-electron chi connectivity index (χ1n) is 17.2. The number of hydrogen-bond acceptors (Lipinski definition) is 6. The van der Waals surface area contributed by atoms with E-state index in [1.807, 2.05) is 97.1 Å². The van der Waals surface area contributed by atoms with Gasteiger partial charge in [-0.2, -0.15) is 0 Å². The molecule has 0 amide bonds. The third-order valence-corrected chi connectivity index (χ3v) is 10.1. The highest BCUT2D eigenvalue weighted by molar-refractivity contribution is 6.19. The number of rotatable bonds is 6. The molecule has 9 aromatic rings. The monoisotopic (exact) mass is 670 g/mol. The average Bonchev–Trinajstić information content (AvgIpc) is 3.20. The third-order valence-electron chi connectivity index (χ3n) is 10.1. The minimum Gasteiger partial charge on any atom is -0.285 e. The van der Waals surface area contributed by atoms with E-state index in [4.69, 9.17) is 0 Å². The van der Waals surface area contributed by atoms with Gasteiger partial charge in [-0.3, -0.25) is 9.59 Å². The summed E-state index contributed by atoms with van der Waals surface area (Å²) in [6.45, 7) is 4.22. The van der Waals surface area contributed by atoms with E-state index in [9.17, 15) is 9.59 Å². The van der Waals surface area contributed by atoms with Gasteiger partial charge in [0, 0.05) is 11.1 Å². The van der Waals surface area contributed by atoms with Gasteiger partial charge in [-0.15, -0.1) is 20.4 Å². The van der Waals surface area contributed by atoms with Crippen molar-refractivity contribution in [3.63, 3.8) is 0 Å². The van der Waals surface area contributed by atoms with E-state index in [1.54, 1.807) is 0 Å². The van der Waals surface area contributed by atoms with Crippen molar-refractivity contribution < 1.29 is 9.59 Å². The Labute approximate surface area is 299 Å². The zero-order valence-electron chi connectivity index (χ0n) is 28.5. The molecule has 52 heavy (non-hydrogen) atoms. The Hall–Kier alpha value is -6.92. The molecule has 0 saturated heterocycles. The first-order valence-corrected chi connectivity index (χ1v) is 17.2. The van der Waals surface area contributed by atoms with Crippen molar-refractivity contribution in [1.29, 1.82) is 0 Å². The number of nitrogens with zero attached hydrogens (tertiary/aromatic N) is 4. The molecule has 6 nitrogen and oxygen atoms in total. The molecule has 0 aliphatic heterocycles. The molecular weight excluding hydrogens is 641 g/mol. The predicted octanol–water partition coefficient (Wildman–Crippen LogP) is 10.3. The largest absolute Gasteiger partial charge is 0.285 e. The fourth-order valence-electron chi connectivity index (χ4n) is 7.49. The number of aryl methyl sites for hydroxylation is 2. The fraction of sp³-hybridized carbons (Fsp3) is 0.0435. The number of ketones is 2. The van der Waals surface area contributed by atoms with Gasteiger partial charge in [0.2, 0.25) is 23.2 Å². The van der Waals surface area contributed by atoms with Gasteiger partial charge in [-0.1, -0.05) is 133 Å². The van der Waals surface area contributed by atoms with Crippen LogP contribution in [-0.4, -0.2) is 32.0 Å². The second-order valence-electron chi connectivity index (χ2n) is 13.1. The smallest absolute Gasteiger partial charge is 0.244 e. The van der Waals surface area contributed by atoms with Crippen LogP contribution in [-0.2, 0) is 0 Å². The summed E-state index contributed by atoms with van der Waals surface area (Å²) in [7, 11) is 0. The zero-order valence-corrected chi connectivity index (χ0v) is 28.5. The van der Waals surface area contributed by atoms with E-state index in [2.05, 4.69) is 82.8 Å². The molecule has 1 aromatic heterocycles. The predicted molar refractivity (Wildman–Crippen MR) is 208 cm³/mol. The van der Waals surface area contributed by atoms with Gasteiger partial charge in [0.05, 0.1) is 0 Å². The summed E-state index contributed by atoms with van der Waals surface area (Å²) < 4.78 is 0. The second kappa shape index (κ2) is 12.4. The number of hydrogen-bond donors (Lipinski definition) is 0. The van der Waals surface area contributed by atoms with Crippen molar-refractivity contribution in [3.8, 4) is 22.3 Å². The summed E-state index contributed by atoms with van der Waals surface area (Å²) in [6, 6.07) is 48.4. The van der Waals surface area contributed by atoms with Crippen molar-refractivity contribution in [2.75, 3.05) is 0 Å². The Morgan fingerprint density at radius 2 is 0.596 bits per heavy atom. The number of benzene rings is 8. The van der Waals surface area contributed by atoms with Crippen LogP contribution in [0.25, 0.3) is 65.3 Å². The molecule has 0 spiro atoms. The molecule has 8 aromatic carbocycles. The Bertz CT molecular complexity index is 2720. The molecule has 0 N–H and O–H groups in total. The van der Waals surface area contributed by atoms with Crippen LogP contribution in [0.4, 0.5) is 0 Å². The lowest BCUT2D eigenvalue weighted by Crippen LogP contribution is -2.16. The maximum absolute atomic E-state index is 13.9.